The summed E-state index contributed by atoms with van der Waals surface area (Å²) in [5, 5.41) is 7.85. The van der Waals surface area contributed by atoms with Crippen LogP contribution in [0.4, 0.5) is 0 Å². The van der Waals surface area contributed by atoms with E-state index >= 15 is 0 Å². The van der Waals surface area contributed by atoms with Crippen molar-refractivity contribution in [3.8, 4) is 0 Å². The fourth-order valence-corrected chi connectivity index (χ4v) is 3.87. The molecule has 0 bridgehead atoms. The van der Waals surface area contributed by atoms with E-state index in [4.69, 9.17) is 9.88 Å². The Labute approximate surface area is 122 Å². The van der Waals surface area contributed by atoms with E-state index in [1.54, 1.807) is 6.07 Å². The summed E-state index contributed by atoms with van der Waals surface area (Å²) in [5.41, 5.74) is -0.281. The van der Waals surface area contributed by atoms with Crippen molar-refractivity contribution in [3.05, 3.63) is 17.0 Å². The molecule has 1 aromatic heterocycles. The summed E-state index contributed by atoms with van der Waals surface area (Å²) in [7, 11) is -3.69. The molecule has 1 aliphatic heterocycles. The largest absolute Gasteiger partial charge is 0.373 e. The van der Waals surface area contributed by atoms with E-state index < -0.39 is 10.0 Å². The monoisotopic (exact) mass is 318 g/mol. The normalized spacial score (nSPS) is 22.9. The van der Waals surface area contributed by atoms with Crippen molar-refractivity contribution >= 4 is 27.3 Å². The molecule has 1 atom stereocenters. The first-order chi connectivity index (χ1) is 9.28. The third-order valence-corrected chi connectivity index (χ3v) is 5.74. The molecule has 8 heteroatoms. The Morgan fingerprint density at radius 2 is 2.30 bits per heavy atom. The van der Waals surface area contributed by atoms with Crippen LogP contribution in [0.1, 0.15) is 24.6 Å². The molecule has 1 aliphatic rings. The van der Waals surface area contributed by atoms with Crippen LogP contribution in [0.5, 0.6) is 0 Å². The maximum absolute atomic E-state index is 11.8. The maximum atomic E-state index is 11.8. The average molecular weight is 318 g/mol. The van der Waals surface area contributed by atoms with Gasteiger partial charge in [-0.25, -0.2) is 13.6 Å². The van der Waals surface area contributed by atoms with Gasteiger partial charge in [0.1, 0.15) is 4.21 Å². The number of primary sulfonamides is 1. The molecule has 0 aromatic carbocycles. The second-order valence-electron chi connectivity index (χ2n) is 5.12. The van der Waals surface area contributed by atoms with E-state index in [9.17, 15) is 13.2 Å². The summed E-state index contributed by atoms with van der Waals surface area (Å²) in [5.74, 6) is -0.149. The van der Waals surface area contributed by atoms with Gasteiger partial charge < -0.3 is 10.1 Å². The fourth-order valence-electron chi connectivity index (χ4n) is 2.09. The average Bonchev–Trinajstić information content (AvgIpc) is 2.96. The summed E-state index contributed by atoms with van der Waals surface area (Å²) in [6, 6.07) is 3.03. The van der Waals surface area contributed by atoms with Gasteiger partial charge in [0.15, 0.2) is 0 Å². The molecule has 0 radical (unpaired) electrons. The van der Waals surface area contributed by atoms with Gasteiger partial charge in [0, 0.05) is 18.0 Å². The second kappa shape index (κ2) is 5.80. The van der Waals surface area contributed by atoms with Crippen molar-refractivity contribution in [3.63, 3.8) is 0 Å². The van der Waals surface area contributed by atoms with Crippen molar-refractivity contribution in [1.29, 1.82) is 0 Å². The minimum atomic E-state index is -3.69. The van der Waals surface area contributed by atoms with Crippen molar-refractivity contribution < 1.29 is 17.9 Å². The van der Waals surface area contributed by atoms with Gasteiger partial charge in [-0.05, 0) is 31.9 Å². The maximum Gasteiger partial charge on any atom is 0.247 e. The van der Waals surface area contributed by atoms with E-state index in [0.717, 1.165) is 30.8 Å². The van der Waals surface area contributed by atoms with E-state index in [0.29, 0.717) is 11.4 Å². The van der Waals surface area contributed by atoms with Crippen LogP contribution >= 0.6 is 11.3 Å². The number of amides is 1. The molecular formula is C12H18N2O4S2. The third kappa shape index (κ3) is 4.02. The van der Waals surface area contributed by atoms with Gasteiger partial charge in [-0.3, -0.25) is 4.79 Å². The molecule has 0 spiro atoms. The summed E-state index contributed by atoms with van der Waals surface area (Å²) >= 11 is 1.02. The number of nitrogens with one attached hydrogen (secondary N) is 1. The van der Waals surface area contributed by atoms with Crippen LogP contribution in [-0.4, -0.2) is 33.1 Å². The van der Waals surface area contributed by atoms with E-state index in [-0.39, 0.29) is 22.1 Å². The molecule has 1 saturated heterocycles. The lowest BCUT2D eigenvalue weighted by Crippen LogP contribution is -2.40. The number of rotatable bonds is 5. The minimum Gasteiger partial charge on any atom is -0.373 e. The SMILES string of the molecule is CC1(CNC(=O)Cc2ccc(S(N)(=O)=O)s2)CCCO1. The van der Waals surface area contributed by atoms with Crippen LogP contribution in [0.15, 0.2) is 16.3 Å². The highest BCUT2D eigenvalue weighted by atomic mass is 32.2. The van der Waals surface area contributed by atoms with Gasteiger partial charge in [0.25, 0.3) is 0 Å². The number of hydrogen-bond acceptors (Lipinski definition) is 5. The number of nitrogens with two attached hydrogens (primary N) is 1. The first-order valence-corrected chi connectivity index (χ1v) is 8.67. The van der Waals surface area contributed by atoms with Gasteiger partial charge in [0.2, 0.25) is 15.9 Å². The molecular weight excluding hydrogens is 300 g/mol. The second-order valence-corrected chi connectivity index (χ2v) is 8.08. The van der Waals surface area contributed by atoms with E-state index in [2.05, 4.69) is 5.32 Å². The molecule has 112 valence electrons. The Balaban J connectivity index is 1.87. The van der Waals surface area contributed by atoms with Crippen LogP contribution in [0.3, 0.4) is 0 Å². The summed E-state index contributed by atoms with van der Waals surface area (Å²) in [6.45, 7) is 3.18. The molecule has 1 aromatic rings. The number of sulfonamides is 1. The highest BCUT2D eigenvalue weighted by molar-refractivity contribution is 7.91. The zero-order chi connectivity index (χ0) is 14.8. The highest BCUT2D eigenvalue weighted by Crippen LogP contribution is 2.24. The number of carbonyl (C=O) groups excluding carboxylic acids is 1. The lowest BCUT2D eigenvalue weighted by Gasteiger charge is -2.23. The molecule has 1 fully saturated rings. The van der Waals surface area contributed by atoms with Gasteiger partial charge in [-0.1, -0.05) is 0 Å². The number of hydrogen-bond donors (Lipinski definition) is 2. The minimum absolute atomic E-state index is 0.0754. The van der Waals surface area contributed by atoms with E-state index in [1.807, 2.05) is 6.92 Å². The molecule has 2 heterocycles. The number of thiophene rings is 1. The zero-order valence-corrected chi connectivity index (χ0v) is 12.9. The smallest absolute Gasteiger partial charge is 0.247 e. The highest BCUT2D eigenvalue weighted by Gasteiger charge is 2.30. The fraction of sp³-hybridized carbons (Fsp3) is 0.583. The topological polar surface area (TPSA) is 98.5 Å². The lowest BCUT2D eigenvalue weighted by molar-refractivity contribution is -0.121. The quantitative estimate of drug-likeness (QED) is 0.831. The first-order valence-electron chi connectivity index (χ1n) is 6.31. The number of ether oxygens (including phenoxy) is 1. The molecule has 1 unspecified atom stereocenters. The Morgan fingerprint density at radius 1 is 1.55 bits per heavy atom. The van der Waals surface area contributed by atoms with Crippen molar-refractivity contribution in [1.82, 2.24) is 5.32 Å². The summed E-state index contributed by atoms with van der Waals surface area (Å²) in [6.07, 6.45) is 2.09. The van der Waals surface area contributed by atoms with Crippen molar-refractivity contribution in [2.75, 3.05) is 13.2 Å². The predicted octanol–water partition coefficient (Wildman–Crippen LogP) is 0.623. The zero-order valence-electron chi connectivity index (χ0n) is 11.2. The van der Waals surface area contributed by atoms with Gasteiger partial charge in [-0.15, -0.1) is 11.3 Å². The van der Waals surface area contributed by atoms with Crippen LogP contribution in [0.2, 0.25) is 0 Å². The molecule has 6 nitrogen and oxygen atoms in total. The standard InChI is InChI=1S/C12H18N2O4S2/c1-12(5-2-6-18-12)8-14-10(15)7-9-3-4-11(19-9)20(13,16)17/h3-4H,2,5-8H2,1H3,(H,14,15)(H2,13,16,17). The van der Waals surface area contributed by atoms with Crippen LogP contribution < -0.4 is 10.5 Å². The van der Waals surface area contributed by atoms with Crippen LogP contribution in [0.25, 0.3) is 0 Å². The van der Waals surface area contributed by atoms with Crippen LogP contribution in [0, 0.1) is 0 Å². The summed E-state index contributed by atoms with van der Waals surface area (Å²) < 4.78 is 27.9. The molecule has 3 N–H and O–H groups in total. The number of carbonyl (C=O) groups is 1. The predicted molar refractivity (Wildman–Crippen MR) is 76.0 cm³/mol. The van der Waals surface area contributed by atoms with Gasteiger partial charge in [0.05, 0.1) is 12.0 Å². The molecule has 20 heavy (non-hydrogen) atoms. The van der Waals surface area contributed by atoms with Crippen LogP contribution in [-0.2, 0) is 26.0 Å². The van der Waals surface area contributed by atoms with E-state index in [1.165, 1.54) is 6.07 Å². The third-order valence-electron chi connectivity index (χ3n) is 3.21. The molecule has 0 saturated carbocycles. The summed E-state index contributed by atoms with van der Waals surface area (Å²) in [4.78, 5) is 12.5. The molecule has 0 aliphatic carbocycles. The Morgan fingerprint density at radius 3 is 2.85 bits per heavy atom. The van der Waals surface area contributed by atoms with Gasteiger partial charge in [-0.2, -0.15) is 0 Å². The first kappa shape index (κ1) is 15.4. The van der Waals surface area contributed by atoms with Crippen molar-refractivity contribution in [2.45, 2.75) is 36.0 Å². The molecule has 2 rings (SSSR count). The van der Waals surface area contributed by atoms with Gasteiger partial charge >= 0.3 is 0 Å². The Hall–Kier alpha value is -0.960. The molecule has 1 amide bonds. The Bertz CT molecular complexity index is 588. The Kier molecular flexibility index (Phi) is 4.48. The van der Waals surface area contributed by atoms with Crippen molar-refractivity contribution in [2.24, 2.45) is 5.14 Å². The lowest BCUT2D eigenvalue weighted by atomic mass is 10.0.